The Bertz CT molecular complexity index is 641. The highest BCUT2D eigenvalue weighted by molar-refractivity contribution is 9.10. The first-order chi connectivity index (χ1) is 10.6. The number of unbranched alkanes of at least 4 members (excludes halogenated alkanes) is 1. The van der Waals surface area contributed by atoms with Gasteiger partial charge in [0.15, 0.2) is 0 Å². The van der Waals surface area contributed by atoms with Gasteiger partial charge in [-0.3, -0.25) is 0 Å². The molecule has 5 heteroatoms. The Labute approximate surface area is 143 Å². The number of benzene rings is 2. The molecule has 0 aliphatic heterocycles. The van der Waals surface area contributed by atoms with Gasteiger partial charge in [-0.05, 0) is 48.9 Å². The topological polar surface area (TPSA) is 35.5 Å². The van der Waals surface area contributed by atoms with Crippen molar-refractivity contribution in [1.29, 1.82) is 0 Å². The number of carbonyl (C=O) groups is 1. The molecule has 0 atom stereocenters. The minimum absolute atomic E-state index is 0.332. The van der Waals surface area contributed by atoms with Gasteiger partial charge >= 0.3 is 5.97 Å². The van der Waals surface area contributed by atoms with E-state index in [0.29, 0.717) is 22.9 Å². The average Bonchev–Trinajstić information content (AvgIpc) is 2.51. The molecular formula is C17H16BrClO3. The van der Waals surface area contributed by atoms with Crippen LogP contribution in [0.5, 0.6) is 11.5 Å². The van der Waals surface area contributed by atoms with Gasteiger partial charge in [0.2, 0.25) is 0 Å². The lowest BCUT2D eigenvalue weighted by Gasteiger charge is -2.08. The maximum Gasteiger partial charge on any atom is 0.343 e. The third kappa shape index (κ3) is 4.75. The summed E-state index contributed by atoms with van der Waals surface area (Å²) in [4.78, 5) is 12.1. The zero-order chi connectivity index (χ0) is 15.9. The molecule has 2 aromatic rings. The second-order valence-corrected chi connectivity index (χ2v) is 6.01. The molecule has 0 aromatic heterocycles. The highest BCUT2D eigenvalue weighted by Gasteiger charge is 2.11. The number of hydrogen-bond donors (Lipinski definition) is 0. The van der Waals surface area contributed by atoms with Crippen molar-refractivity contribution in [2.24, 2.45) is 0 Å². The minimum atomic E-state index is -0.454. The van der Waals surface area contributed by atoms with Crippen LogP contribution in [-0.2, 0) is 0 Å². The van der Waals surface area contributed by atoms with E-state index in [9.17, 15) is 4.79 Å². The fraction of sp³-hybridized carbons (Fsp3) is 0.235. The van der Waals surface area contributed by atoms with Crippen LogP contribution in [0.1, 0.15) is 30.1 Å². The maximum absolute atomic E-state index is 12.1. The van der Waals surface area contributed by atoms with Gasteiger partial charge in [0, 0.05) is 4.47 Å². The molecule has 0 heterocycles. The summed E-state index contributed by atoms with van der Waals surface area (Å²) in [7, 11) is 0. The molecule has 2 aromatic carbocycles. The van der Waals surface area contributed by atoms with Crippen LogP contribution in [0.25, 0.3) is 0 Å². The molecular weight excluding hydrogens is 368 g/mol. The SMILES string of the molecule is CCCCOc1ccc(C(=O)Oc2ccc(Br)cc2Cl)cc1. The Kier molecular flexibility index (Phi) is 6.28. The molecule has 0 saturated heterocycles. The maximum atomic E-state index is 12.1. The van der Waals surface area contributed by atoms with Gasteiger partial charge in [-0.25, -0.2) is 4.79 Å². The van der Waals surface area contributed by atoms with Gasteiger partial charge in [-0.1, -0.05) is 40.9 Å². The summed E-state index contributed by atoms with van der Waals surface area (Å²) in [6, 6.07) is 12.0. The van der Waals surface area contributed by atoms with Crippen LogP contribution in [0.2, 0.25) is 5.02 Å². The summed E-state index contributed by atoms with van der Waals surface area (Å²) in [5.41, 5.74) is 0.446. The largest absolute Gasteiger partial charge is 0.494 e. The number of ether oxygens (including phenoxy) is 2. The molecule has 116 valence electrons. The van der Waals surface area contributed by atoms with Gasteiger partial charge in [0.05, 0.1) is 17.2 Å². The predicted octanol–water partition coefficient (Wildman–Crippen LogP) is 5.50. The zero-order valence-electron chi connectivity index (χ0n) is 12.1. The summed E-state index contributed by atoms with van der Waals surface area (Å²) >= 11 is 9.33. The van der Waals surface area contributed by atoms with E-state index in [0.717, 1.165) is 23.1 Å². The van der Waals surface area contributed by atoms with Crippen molar-refractivity contribution >= 4 is 33.5 Å². The first kappa shape index (κ1) is 16.8. The van der Waals surface area contributed by atoms with Crippen LogP contribution in [0.3, 0.4) is 0 Å². The van der Waals surface area contributed by atoms with E-state index in [1.807, 2.05) is 0 Å². The molecule has 0 fully saturated rings. The number of esters is 1. The summed E-state index contributed by atoms with van der Waals surface area (Å²) < 4.78 is 11.7. The summed E-state index contributed by atoms with van der Waals surface area (Å²) in [6.45, 7) is 2.78. The summed E-state index contributed by atoms with van der Waals surface area (Å²) in [5, 5.41) is 0.377. The Hall–Kier alpha value is -1.52. The Morgan fingerprint density at radius 1 is 1.18 bits per heavy atom. The molecule has 0 unspecified atom stereocenters. The molecule has 22 heavy (non-hydrogen) atoms. The first-order valence-electron chi connectivity index (χ1n) is 7.00. The van der Waals surface area contributed by atoms with Gasteiger partial charge in [0.1, 0.15) is 11.5 Å². The quantitative estimate of drug-likeness (QED) is 0.375. The molecule has 0 amide bonds. The molecule has 2 rings (SSSR count). The molecule has 0 radical (unpaired) electrons. The second-order valence-electron chi connectivity index (χ2n) is 4.69. The minimum Gasteiger partial charge on any atom is -0.494 e. The normalized spacial score (nSPS) is 10.3. The zero-order valence-corrected chi connectivity index (χ0v) is 14.5. The Balaban J connectivity index is 2.00. The van der Waals surface area contributed by atoms with Crippen molar-refractivity contribution in [2.45, 2.75) is 19.8 Å². The van der Waals surface area contributed by atoms with E-state index in [2.05, 4.69) is 22.9 Å². The van der Waals surface area contributed by atoms with E-state index in [1.54, 1.807) is 42.5 Å². The standard InChI is InChI=1S/C17H16BrClO3/c1-2-3-10-21-14-7-4-12(5-8-14)17(20)22-16-9-6-13(18)11-15(16)19/h4-9,11H,2-3,10H2,1H3. The van der Waals surface area contributed by atoms with Gasteiger partial charge in [0.25, 0.3) is 0 Å². The molecule has 0 spiro atoms. The molecule has 0 saturated carbocycles. The number of hydrogen-bond acceptors (Lipinski definition) is 3. The third-order valence-electron chi connectivity index (χ3n) is 2.95. The van der Waals surface area contributed by atoms with Crippen LogP contribution in [0.15, 0.2) is 46.9 Å². The van der Waals surface area contributed by atoms with Crippen molar-refractivity contribution in [1.82, 2.24) is 0 Å². The fourth-order valence-electron chi connectivity index (χ4n) is 1.74. The average molecular weight is 384 g/mol. The summed E-state index contributed by atoms with van der Waals surface area (Å²) in [5.74, 6) is 0.620. The number of rotatable bonds is 6. The summed E-state index contributed by atoms with van der Waals surface area (Å²) in [6.07, 6.45) is 2.09. The van der Waals surface area contributed by atoms with E-state index in [4.69, 9.17) is 21.1 Å². The molecule has 0 N–H and O–H groups in total. The van der Waals surface area contributed by atoms with Gasteiger partial charge in [-0.15, -0.1) is 0 Å². The lowest BCUT2D eigenvalue weighted by Crippen LogP contribution is -2.08. The van der Waals surface area contributed by atoms with Gasteiger partial charge < -0.3 is 9.47 Å². The molecule has 3 nitrogen and oxygen atoms in total. The van der Waals surface area contributed by atoms with Crippen molar-refractivity contribution in [3.05, 3.63) is 57.5 Å². The van der Waals surface area contributed by atoms with Crippen LogP contribution in [0, 0.1) is 0 Å². The van der Waals surface area contributed by atoms with Crippen LogP contribution >= 0.6 is 27.5 Å². The van der Waals surface area contributed by atoms with Crippen LogP contribution in [-0.4, -0.2) is 12.6 Å². The monoisotopic (exact) mass is 382 g/mol. The van der Waals surface area contributed by atoms with Crippen molar-refractivity contribution in [3.8, 4) is 11.5 Å². The highest BCUT2D eigenvalue weighted by Crippen LogP contribution is 2.28. The van der Waals surface area contributed by atoms with E-state index in [1.165, 1.54) is 0 Å². The number of carbonyl (C=O) groups excluding carboxylic acids is 1. The van der Waals surface area contributed by atoms with Crippen molar-refractivity contribution in [3.63, 3.8) is 0 Å². The molecule has 0 aliphatic rings. The van der Waals surface area contributed by atoms with E-state index in [-0.39, 0.29) is 0 Å². The molecule has 0 aliphatic carbocycles. The van der Waals surface area contributed by atoms with Crippen molar-refractivity contribution < 1.29 is 14.3 Å². The smallest absolute Gasteiger partial charge is 0.343 e. The fourth-order valence-corrected chi connectivity index (χ4v) is 2.45. The predicted molar refractivity (Wildman–Crippen MR) is 91.0 cm³/mol. The van der Waals surface area contributed by atoms with Crippen molar-refractivity contribution in [2.75, 3.05) is 6.61 Å². The molecule has 0 bridgehead atoms. The number of halogens is 2. The van der Waals surface area contributed by atoms with E-state index >= 15 is 0 Å². The van der Waals surface area contributed by atoms with Gasteiger partial charge in [-0.2, -0.15) is 0 Å². The lowest BCUT2D eigenvalue weighted by molar-refractivity contribution is 0.0735. The first-order valence-corrected chi connectivity index (χ1v) is 8.17. The van der Waals surface area contributed by atoms with E-state index < -0.39 is 5.97 Å². The second kappa shape index (κ2) is 8.20. The Morgan fingerprint density at radius 2 is 1.91 bits per heavy atom. The van der Waals surface area contributed by atoms with Crippen LogP contribution in [0.4, 0.5) is 0 Å². The lowest BCUT2D eigenvalue weighted by atomic mass is 10.2. The highest BCUT2D eigenvalue weighted by atomic mass is 79.9. The van der Waals surface area contributed by atoms with Crippen LogP contribution < -0.4 is 9.47 Å². The Morgan fingerprint density at radius 3 is 2.55 bits per heavy atom. The third-order valence-corrected chi connectivity index (χ3v) is 3.74.